The van der Waals surface area contributed by atoms with Crippen LogP contribution < -0.4 is 5.32 Å². The molecule has 2 amide bonds. The molecule has 7 heteroatoms. The molecule has 0 aliphatic carbocycles. The summed E-state index contributed by atoms with van der Waals surface area (Å²) in [6.07, 6.45) is 1.11. The highest BCUT2D eigenvalue weighted by Crippen LogP contribution is 2.20. The van der Waals surface area contributed by atoms with Crippen LogP contribution in [0.4, 0.5) is 0 Å². The Morgan fingerprint density at radius 2 is 1.88 bits per heavy atom. The van der Waals surface area contributed by atoms with Gasteiger partial charge in [-0.3, -0.25) is 9.59 Å². The fourth-order valence-electron chi connectivity index (χ4n) is 2.81. The minimum Gasteiger partial charge on any atom is -0.480 e. The van der Waals surface area contributed by atoms with Gasteiger partial charge in [-0.05, 0) is 43.0 Å². The topological polar surface area (TPSA) is 86.7 Å². The van der Waals surface area contributed by atoms with Gasteiger partial charge in [0.15, 0.2) is 0 Å². The molecule has 1 fully saturated rings. The van der Waals surface area contributed by atoms with Crippen LogP contribution >= 0.6 is 15.9 Å². The smallest absolute Gasteiger partial charge is 0.326 e. The molecule has 0 spiro atoms. The number of halogens is 1. The van der Waals surface area contributed by atoms with Crippen molar-refractivity contribution >= 4 is 33.7 Å². The molecule has 0 bridgehead atoms. The van der Waals surface area contributed by atoms with Crippen molar-refractivity contribution in [2.45, 2.75) is 38.8 Å². The molecule has 1 heterocycles. The number of likely N-dealkylation sites (tertiary alicyclic amines) is 1. The van der Waals surface area contributed by atoms with Gasteiger partial charge >= 0.3 is 5.97 Å². The van der Waals surface area contributed by atoms with E-state index in [1.165, 1.54) is 4.90 Å². The van der Waals surface area contributed by atoms with Gasteiger partial charge in [0.1, 0.15) is 12.1 Å². The summed E-state index contributed by atoms with van der Waals surface area (Å²) in [7, 11) is 0. The molecule has 1 aliphatic rings. The molecule has 1 unspecified atom stereocenters. The molecule has 130 valence electrons. The zero-order valence-electron chi connectivity index (χ0n) is 13.7. The van der Waals surface area contributed by atoms with Crippen LogP contribution in [-0.4, -0.2) is 46.4 Å². The van der Waals surface area contributed by atoms with Gasteiger partial charge in [-0.15, -0.1) is 0 Å². The van der Waals surface area contributed by atoms with Crippen LogP contribution in [0.25, 0.3) is 0 Å². The molecule has 24 heavy (non-hydrogen) atoms. The van der Waals surface area contributed by atoms with Crippen molar-refractivity contribution in [3.8, 4) is 0 Å². The molecule has 2 N–H and O–H groups in total. The summed E-state index contributed by atoms with van der Waals surface area (Å²) < 4.78 is 0.858. The molecule has 1 saturated heterocycles. The van der Waals surface area contributed by atoms with E-state index in [0.29, 0.717) is 24.9 Å². The fraction of sp³-hybridized carbons (Fsp3) is 0.471. The molecule has 2 atom stereocenters. The minimum atomic E-state index is -0.998. The third-order valence-electron chi connectivity index (χ3n) is 4.15. The highest BCUT2D eigenvalue weighted by molar-refractivity contribution is 9.10. The maximum Gasteiger partial charge on any atom is 0.326 e. The molecule has 0 radical (unpaired) electrons. The average molecular weight is 397 g/mol. The first-order valence-corrected chi connectivity index (χ1v) is 8.70. The second-order valence-corrected chi connectivity index (χ2v) is 7.15. The summed E-state index contributed by atoms with van der Waals surface area (Å²) in [4.78, 5) is 37.8. The number of nitrogens with one attached hydrogen (secondary N) is 1. The van der Waals surface area contributed by atoms with Gasteiger partial charge in [-0.2, -0.15) is 0 Å². The fourth-order valence-corrected chi connectivity index (χ4v) is 3.07. The number of hydrogen-bond acceptors (Lipinski definition) is 3. The third-order valence-corrected chi connectivity index (χ3v) is 4.68. The van der Waals surface area contributed by atoms with Crippen LogP contribution in [0.5, 0.6) is 0 Å². The molecular formula is C17H21BrN2O4. The first-order valence-electron chi connectivity index (χ1n) is 7.91. The Hall–Kier alpha value is -1.89. The van der Waals surface area contributed by atoms with Crippen LogP contribution in [0.1, 0.15) is 37.0 Å². The number of carbonyl (C=O) groups is 3. The Morgan fingerprint density at radius 3 is 2.42 bits per heavy atom. The van der Waals surface area contributed by atoms with Gasteiger partial charge in [-0.1, -0.05) is 29.8 Å². The van der Waals surface area contributed by atoms with Gasteiger partial charge in [-0.25, -0.2) is 4.79 Å². The van der Waals surface area contributed by atoms with E-state index in [9.17, 15) is 19.5 Å². The van der Waals surface area contributed by atoms with Crippen LogP contribution in [-0.2, 0) is 9.59 Å². The monoisotopic (exact) mass is 396 g/mol. The molecule has 2 rings (SSSR count). The largest absolute Gasteiger partial charge is 0.480 e. The van der Waals surface area contributed by atoms with Crippen LogP contribution in [0, 0.1) is 5.92 Å². The first-order chi connectivity index (χ1) is 11.3. The number of carboxylic acids is 1. The van der Waals surface area contributed by atoms with Crippen molar-refractivity contribution in [1.29, 1.82) is 0 Å². The Kier molecular flexibility index (Phi) is 5.99. The first kappa shape index (κ1) is 18.4. The molecule has 0 aromatic heterocycles. The highest BCUT2D eigenvalue weighted by atomic mass is 79.9. The second kappa shape index (κ2) is 7.79. The van der Waals surface area contributed by atoms with E-state index in [1.807, 2.05) is 13.8 Å². The maximum atomic E-state index is 12.8. The number of benzene rings is 1. The molecule has 0 saturated carbocycles. The number of amides is 2. The van der Waals surface area contributed by atoms with E-state index in [-0.39, 0.29) is 17.7 Å². The average Bonchev–Trinajstić information content (AvgIpc) is 3.02. The molecule has 1 aliphatic heterocycles. The van der Waals surface area contributed by atoms with Crippen LogP contribution in [0.2, 0.25) is 0 Å². The van der Waals surface area contributed by atoms with Gasteiger partial charge in [0.25, 0.3) is 5.91 Å². The quantitative estimate of drug-likeness (QED) is 0.798. The van der Waals surface area contributed by atoms with E-state index in [0.717, 1.165) is 4.47 Å². The number of carboxylic acid groups (broad SMARTS) is 1. The van der Waals surface area contributed by atoms with Crippen molar-refractivity contribution in [2.75, 3.05) is 6.54 Å². The number of hydrogen-bond donors (Lipinski definition) is 2. The molecule has 1 aromatic rings. The Balaban J connectivity index is 2.14. The van der Waals surface area contributed by atoms with E-state index in [1.54, 1.807) is 24.3 Å². The van der Waals surface area contributed by atoms with Crippen molar-refractivity contribution in [3.05, 3.63) is 34.3 Å². The number of aliphatic carboxylic acids is 1. The molecule has 1 aromatic carbocycles. The number of nitrogens with zero attached hydrogens (tertiary/aromatic N) is 1. The van der Waals surface area contributed by atoms with Crippen molar-refractivity contribution in [1.82, 2.24) is 10.2 Å². The Bertz CT molecular complexity index is 630. The molecule has 6 nitrogen and oxygen atoms in total. The summed E-state index contributed by atoms with van der Waals surface area (Å²) in [5.41, 5.74) is 0.452. The van der Waals surface area contributed by atoms with Crippen molar-refractivity contribution < 1.29 is 19.5 Å². The van der Waals surface area contributed by atoms with E-state index in [2.05, 4.69) is 21.2 Å². The lowest BCUT2D eigenvalue weighted by Gasteiger charge is -2.29. The van der Waals surface area contributed by atoms with Crippen molar-refractivity contribution in [3.63, 3.8) is 0 Å². The lowest BCUT2D eigenvalue weighted by molar-refractivity contribution is -0.149. The summed E-state index contributed by atoms with van der Waals surface area (Å²) in [5, 5.41) is 12.0. The zero-order valence-corrected chi connectivity index (χ0v) is 15.2. The Labute approximate surface area is 149 Å². The second-order valence-electron chi connectivity index (χ2n) is 6.23. The zero-order chi connectivity index (χ0) is 17.9. The van der Waals surface area contributed by atoms with Gasteiger partial charge in [0, 0.05) is 16.6 Å². The number of carbonyl (C=O) groups excluding carboxylic acids is 2. The third kappa shape index (κ3) is 4.14. The van der Waals surface area contributed by atoms with Crippen LogP contribution in [0.15, 0.2) is 28.7 Å². The van der Waals surface area contributed by atoms with Crippen LogP contribution in [0.3, 0.4) is 0 Å². The van der Waals surface area contributed by atoms with Crippen molar-refractivity contribution in [2.24, 2.45) is 5.92 Å². The highest BCUT2D eigenvalue weighted by Gasteiger charge is 2.38. The van der Waals surface area contributed by atoms with E-state index >= 15 is 0 Å². The summed E-state index contributed by atoms with van der Waals surface area (Å²) >= 11 is 3.31. The van der Waals surface area contributed by atoms with E-state index < -0.39 is 18.1 Å². The van der Waals surface area contributed by atoms with Gasteiger partial charge < -0.3 is 15.3 Å². The normalized spacial score (nSPS) is 18.5. The Morgan fingerprint density at radius 1 is 1.25 bits per heavy atom. The summed E-state index contributed by atoms with van der Waals surface area (Å²) in [5.74, 6) is -1.82. The summed E-state index contributed by atoms with van der Waals surface area (Å²) in [6.45, 7) is 4.07. The summed E-state index contributed by atoms with van der Waals surface area (Å²) in [6, 6.07) is 5.28. The SMILES string of the molecule is CC(C)C(NC(=O)c1ccc(Br)cc1)C(=O)N1CCC[C@H]1C(=O)O. The van der Waals surface area contributed by atoms with Gasteiger partial charge in [0.2, 0.25) is 5.91 Å². The van der Waals surface area contributed by atoms with E-state index in [4.69, 9.17) is 0 Å². The van der Waals surface area contributed by atoms with Gasteiger partial charge in [0.05, 0.1) is 0 Å². The standard InChI is InChI=1S/C17H21BrN2O4/c1-10(2)14(16(22)20-9-3-4-13(20)17(23)24)19-15(21)11-5-7-12(18)8-6-11/h5-8,10,13-14H,3-4,9H2,1-2H3,(H,19,21)(H,23,24)/t13-,14?/m0/s1. The maximum absolute atomic E-state index is 12.8. The lowest BCUT2D eigenvalue weighted by atomic mass is 10.0. The predicted molar refractivity (Wildman–Crippen MR) is 92.6 cm³/mol. The number of rotatable bonds is 5. The lowest BCUT2D eigenvalue weighted by Crippen LogP contribution is -2.53. The minimum absolute atomic E-state index is 0.146. The predicted octanol–water partition coefficient (Wildman–Crippen LogP) is 2.28. The molecular weight excluding hydrogens is 376 g/mol.